The molecule has 0 spiro atoms. The topological polar surface area (TPSA) is 55.4 Å². The predicted molar refractivity (Wildman–Crippen MR) is 133 cm³/mol. The van der Waals surface area contributed by atoms with E-state index in [0.717, 1.165) is 12.5 Å². The van der Waals surface area contributed by atoms with E-state index in [1.807, 2.05) is 0 Å². The van der Waals surface area contributed by atoms with Crippen molar-refractivity contribution < 1.29 is 27.5 Å². The number of carbonyl (C=O) groups is 2. The van der Waals surface area contributed by atoms with Crippen LogP contribution in [0.3, 0.4) is 0 Å². The third-order valence-corrected chi connectivity index (χ3v) is 6.20. The van der Waals surface area contributed by atoms with Gasteiger partial charge >= 0.3 is 12.1 Å². The Bertz CT molecular complexity index is 1060. The maximum absolute atomic E-state index is 13.6. The second-order valence-electron chi connectivity index (χ2n) is 9.69. The monoisotopic (exact) mass is 531 g/mol. The van der Waals surface area contributed by atoms with Crippen LogP contribution in [0, 0.1) is 18.8 Å². The number of anilines is 1. The van der Waals surface area contributed by atoms with Crippen LogP contribution < -0.4 is 5.32 Å². The summed E-state index contributed by atoms with van der Waals surface area (Å²) < 4.78 is 46.4. The zero-order valence-electron chi connectivity index (χ0n) is 20.5. The van der Waals surface area contributed by atoms with Crippen molar-refractivity contribution in [2.24, 2.45) is 11.8 Å². The number of hydrogen-bond acceptors (Lipinski definition) is 3. The number of amides is 1. The third kappa shape index (κ3) is 7.87. The number of benzene rings is 2. The molecule has 0 saturated carbocycles. The van der Waals surface area contributed by atoms with Crippen LogP contribution >= 0.6 is 23.2 Å². The fourth-order valence-corrected chi connectivity index (χ4v) is 4.02. The Kier molecular flexibility index (Phi) is 9.28. The van der Waals surface area contributed by atoms with Gasteiger partial charge in [-0.2, -0.15) is 13.2 Å². The van der Waals surface area contributed by atoms with Crippen molar-refractivity contribution in [3.63, 3.8) is 0 Å². The van der Waals surface area contributed by atoms with Crippen LogP contribution in [0.15, 0.2) is 36.4 Å². The molecular formula is C26H30Cl2F3NO3. The molecular weight excluding hydrogens is 502 g/mol. The summed E-state index contributed by atoms with van der Waals surface area (Å²) in [5.41, 5.74) is 1.04. The molecule has 2 aromatic carbocycles. The minimum atomic E-state index is -4.61. The van der Waals surface area contributed by atoms with E-state index in [4.69, 9.17) is 27.9 Å². The van der Waals surface area contributed by atoms with Gasteiger partial charge in [0.15, 0.2) is 0 Å². The van der Waals surface area contributed by atoms with Gasteiger partial charge in [0.25, 0.3) is 0 Å². The maximum Gasteiger partial charge on any atom is 0.392 e. The van der Waals surface area contributed by atoms with Crippen LogP contribution in [0.1, 0.15) is 57.2 Å². The molecule has 4 nitrogen and oxygen atoms in total. The van der Waals surface area contributed by atoms with E-state index in [0.29, 0.717) is 17.0 Å². The number of nitrogens with one attached hydrogen (secondary N) is 1. The van der Waals surface area contributed by atoms with Gasteiger partial charge in [-0.05, 0) is 69.0 Å². The number of rotatable bonds is 7. The number of carbonyl (C=O) groups excluding carboxylic acids is 2. The second kappa shape index (κ2) is 11.2. The molecule has 0 aliphatic heterocycles. The van der Waals surface area contributed by atoms with E-state index < -0.39 is 35.4 Å². The average molecular weight is 532 g/mol. The van der Waals surface area contributed by atoms with Gasteiger partial charge in [-0.25, -0.2) is 0 Å². The predicted octanol–water partition coefficient (Wildman–Crippen LogP) is 7.74. The highest BCUT2D eigenvalue weighted by Gasteiger charge is 2.45. The van der Waals surface area contributed by atoms with E-state index >= 15 is 0 Å². The molecule has 0 bridgehead atoms. The summed E-state index contributed by atoms with van der Waals surface area (Å²) in [6.45, 7) is 9.71. The summed E-state index contributed by atoms with van der Waals surface area (Å²) in [7, 11) is 0. The molecule has 35 heavy (non-hydrogen) atoms. The molecule has 0 aromatic heterocycles. The molecule has 0 fully saturated rings. The molecule has 1 unspecified atom stereocenters. The number of esters is 1. The standard InChI is InChI=1S/C26H30Cl2F3NO3/c1-14(24(34)35-25(4,5)6)13-18-9-12-20(28)22(15(18)2)32-23(33)21(16(3)26(29,30)31)17-7-10-19(27)11-8-17/h7-12,14,16,21H,13H2,1-6H3,(H,32,33)/t14?,16-,21+/m1/s1. The van der Waals surface area contributed by atoms with Crippen molar-refractivity contribution in [1.82, 2.24) is 0 Å². The van der Waals surface area contributed by atoms with Gasteiger partial charge in [0.2, 0.25) is 5.91 Å². The first kappa shape index (κ1) is 29.0. The molecule has 1 N–H and O–H groups in total. The molecule has 3 atom stereocenters. The molecule has 0 radical (unpaired) electrons. The first-order valence-electron chi connectivity index (χ1n) is 11.1. The van der Waals surface area contributed by atoms with Crippen LogP contribution in [-0.4, -0.2) is 23.7 Å². The van der Waals surface area contributed by atoms with E-state index in [1.54, 1.807) is 46.8 Å². The Morgan fingerprint density at radius 3 is 2.09 bits per heavy atom. The van der Waals surface area contributed by atoms with Crippen molar-refractivity contribution in [3.05, 3.63) is 63.1 Å². The smallest absolute Gasteiger partial charge is 0.392 e. The molecule has 2 rings (SSSR count). The summed E-state index contributed by atoms with van der Waals surface area (Å²) in [5, 5.41) is 3.13. The summed E-state index contributed by atoms with van der Waals surface area (Å²) in [5.74, 6) is -5.19. The summed E-state index contributed by atoms with van der Waals surface area (Å²) in [6.07, 6.45) is -4.30. The Hall–Kier alpha value is -2.25. The highest BCUT2D eigenvalue weighted by atomic mass is 35.5. The van der Waals surface area contributed by atoms with Crippen molar-refractivity contribution in [1.29, 1.82) is 0 Å². The Labute approximate surface area is 214 Å². The van der Waals surface area contributed by atoms with Gasteiger partial charge in [-0.15, -0.1) is 0 Å². The number of hydrogen-bond donors (Lipinski definition) is 1. The third-order valence-electron chi connectivity index (χ3n) is 5.64. The van der Waals surface area contributed by atoms with Crippen molar-refractivity contribution in [2.45, 2.75) is 65.7 Å². The van der Waals surface area contributed by atoms with E-state index in [9.17, 15) is 22.8 Å². The molecule has 1 amide bonds. The van der Waals surface area contributed by atoms with Gasteiger partial charge in [-0.1, -0.05) is 55.2 Å². The first-order valence-corrected chi connectivity index (χ1v) is 11.9. The molecule has 9 heteroatoms. The number of halogens is 5. The van der Waals surface area contributed by atoms with Crippen LogP contribution in [0.2, 0.25) is 10.0 Å². The quantitative estimate of drug-likeness (QED) is 0.371. The van der Waals surface area contributed by atoms with Gasteiger partial charge in [-0.3, -0.25) is 9.59 Å². The molecule has 0 aliphatic carbocycles. The van der Waals surface area contributed by atoms with Crippen LogP contribution in [0.25, 0.3) is 0 Å². The lowest BCUT2D eigenvalue weighted by Gasteiger charge is -2.27. The zero-order valence-corrected chi connectivity index (χ0v) is 22.0. The summed E-state index contributed by atoms with van der Waals surface area (Å²) in [4.78, 5) is 25.6. The highest BCUT2D eigenvalue weighted by molar-refractivity contribution is 6.34. The molecule has 2 aromatic rings. The maximum atomic E-state index is 13.6. The lowest BCUT2D eigenvalue weighted by molar-refractivity contribution is -0.178. The lowest BCUT2D eigenvalue weighted by Crippen LogP contribution is -2.34. The van der Waals surface area contributed by atoms with Crippen LogP contribution in [0.4, 0.5) is 18.9 Å². The van der Waals surface area contributed by atoms with Gasteiger partial charge in [0, 0.05) is 5.02 Å². The van der Waals surface area contributed by atoms with Crippen LogP contribution in [-0.2, 0) is 20.7 Å². The number of alkyl halides is 3. The first-order chi connectivity index (χ1) is 16.0. The van der Waals surface area contributed by atoms with Crippen molar-refractivity contribution in [3.8, 4) is 0 Å². The Balaban J connectivity index is 2.36. The highest BCUT2D eigenvalue weighted by Crippen LogP contribution is 2.39. The number of ether oxygens (including phenoxy) is 1. The fourth-order valence-electron chi connectivity index (χ4n) is 3.64. The van der Waals surface area contributed by atoms with E-state index in [1.165, 1.54) is 24.3 Å². The second-order valence-corrected chi connectivity index (χ2v) is 10.5. The molecule has 0 aliphatic rings. The Morgan fingerprint density at radius 2 is 1.57 bits per heavy atom. The summed E-state index contributed by atoms with van der Waals surface area (Å²) in [6, 6.07) is 8.97. The largest absolute Gasteiger partial charge is 0.460 e. The molecule has 0 heterocycles. The normalized spacial score (nSPS) is 14.7. The molecule has 192 valence electrons. The zero-order chi connectivity index (χ0) is 26.7. The van der Waals surface area contributed by atoms with Gasteiger partial charge in [0.05, 0.1) is 28.5 Å². The molecule has 0 saturated heterocycles. The van der Waals surface area contributed by atoms with Crippen molar-refractivity contribution >= 4 is 40.8 Å². The minimum Gasteiger partial charge on any atom is -0.460 e. The average Bonchev–Trinajstić information content (AvgIpc) is 2.72. The van der Waals surface area contributed by atoms with Crippen LogP contribution in [0.5, 0.6) is 0 Å². The van der Waals surface area contributed by atoms with E-state index in [2.05, 4.69) is 5.32 Å². The summed E-state index contributed by atoms with van der Waals surface area (Å²) >= 11 is 12.2. The van der Waals surface area contributed by atoms with Gasteiger partial charge < -0.3 is 10.1 Å². The fraction of sp³-hybridized carbons (Fsp3) is 0.462. The SMILES string of the molecule is Cc1c(CC(C)C(=O)OC(C)(C)C)ccc(Cl)c1NC(=O)[C@H](c1ccc(Cl)cc1)[C@@H](C)C(F)(F)F. The van der Waals surface area contributed by atoms with Gasteiger partial charge in [0.1, 0.15) is 5.60 Å². The van der Waals surface area contributed by atoms with Crippen molar-refractivity contribution in [2.75, 3.05) is 5.32 Å². The van der Waals surface area contributed by atoms with E-state index in [-0.39, 0.29) is 22.2 Å². The lowest BCUT2D eigenvalue weighted by atomic mass is 9.85. The Morgan fingerprint density at radius 1 is 1.00 bits per heavy atom. The minimum absolute atomic E-state index is 0.180.